The van der Waals surface area contributed by atoms with Gasteiger partial charge in [0, 0.05) is 24.7 Å². The zero-order valence-electron chi connectivity index (χ0n) is 12.9. The van der Waals surface area contributed by atoms with Crippen LogP contribution >= 0.6 is 0 Å². The van der Waals surface area contributed by atoms with Gasteiger partial charge in [-0.05, 0) is 25.8 Å². The molecular weight excluding hydrogens is 272 g/mol. The first-order valence-electron chi connectivity index (χ1n) is 7.47. The molecule has 1 spiro atoms. The van der Waals surface area contributed by atoms with Crippen molar-refractivity contribution < 1.29 is 23.8 Å². The van der Waals surface area contributed by atoms with Crippen molar-refractivity contribution in [3.8, 4) is 0 Å². The summed E-state index contributed by atoms with van der Waals surface area (Å²) in [6, 6.07) is 0. The number of ether oxygens (including phenoxy) is 3. The van der Waals surface area contributed by atoms with Crippen LogP contribution in [0.3, 0.4) is 0 Å². The molecule has 1 unspecified atom stereocenters. The second-order valence-electron chi connectivity index (χ2n) is 6.73. The first kappa shape index (κ1) is 14.7. The Hall–Kier alpha value is -1.20. The highest BCUT2D eigenvalue weighted by Gasteiger charge is 2.60. The molecule has 5 nitrogen and oxygen atoms in total. The topological polar surface area (TPSA) is 61.8 Å². The first-order chi connectivity index (χ1) is 9.86. The normalized spacial score (nSPS) is 33.5. The van der Waals surface area contributed by atoms with E-state index in [4.69, 9.17) is 14.2 Å². The standard InChI is InChI=1S/C16H22O5/c1-14(2)11-4-7-16(20-8-9-21-16)10-15(11,13(18)19-3)6-5-12(14)17/h4H,5-10H2,1-3H3. The van der Waals surface area contributed by atoms with E-state index in [2.05, 4.69) is 0 Å². The number of Topliss-reactive ketones (excluding diaryl/α,β-unsaturated/α-hetero) is 1. The zero-order valence-corrected chi connectivity index (χ0v) is 12.9. The Kier molecular flexibility index (Phi) is 3.26. The van der Waals surface area contributed by atoms with E-state index in [1.54, 1.807) is 0 Å². The molecule has 1 aliphatic heterocycles. The molecule has 2 fully saturated rings. The maximum Gasteiger partial charge on any atom is 0.316 e. The molecule has 1 saturated heterocycles. The molecule has 21 heavy (non-hydrogen) atoms. The predicted molar refractivity (Wildman–Crippen MR) is 74.4 cm³/mol. The van der Waals surface area contributed by atoms with Gasteiger partial charge in [0.1, 0.15) is 5.78 Å². The van der Waals surface area contributed by atoms with Gasteiger partial charge in [-0.1, -0.05) is 6.08 Å². The maximum absolute atomic E-state index is 12.6. The Morgan fingerprint density at radius 3 is 2.57 bits per heavy atom. The molecule has 1 heterocycles. The summed E-state index contributed by atoms with van der Waals surface area (Å²) in [6.07, 6.45) is 3.85. The molecule has 0 N–H and O–H groups in total. The first-order valence-corrected chi connectivity index (χ1v) is 7.47. The van der Waals surface area contributed by atoms with Gasteiger partial charge in [0.05, 0.1) is 25.7 Å². The lowest BCUT2D eigenvalue weighted by atomic mass is 9.54. The Morgan fingerprint density at radius 1 is 1.29 bits per heavy atom. The van der Waals surface area contributed by atoms with Crippen molar-refractivity contribution in [1.29, 1.82) is 0 Å². The highest BCUT2D eigenvalue weighted by molar-refractivity contribution is 5.94. The Bertz CT molecular complexity index is 513. The smallest absolute Gasteiger partial charge is 0.316 e. The quantitative estimate of drug-likeness (QED) is 0.547. The van der Waals surface area contributed by atoms with Crippen LogP contribution in [0.2, 0.25) is 0 Å². The number of esters is 1. The maximum atomic E-state index is 12.6. The Balaban J connectivity index is 2.09. The van der Waals surface area contributed by atoms with Gasteiger partial charge in [0.15, 0.2) is 5.79 Å². The average Bonchev–Trinajstić information content (AvgIpc) is 2.90. The number of fused-ring (bicyclic) bond motifs is 1. The minimum atomic E-state index is -0.797. The second kappa shape index (κ2) is 4.65. The van der Waals surface area contributed by atoms with Crippen molar-refractivity contribution in [3.05, 3.63) is 11.6 Å². The SMILES string of the molecule is COC(=O)C12CCC(=O)C(C)(C)C1=CCC1(C2)OCCO1. The number of carbonyl (C=O) groups is 2. The summed E-state index contributed by atoms with van der Waals surface area (Å²) in [4.78, 5) is 24.9. The molecule has 3 aliphatic rings. The molecule has 5 heteroatoms. The molecular formula is C16H22O5. The van der Waals surface area contributed by atoms with E-state index in [1.165, 1.54) is 7.11 Å². The van der Waals surface area contributed by atoms with E-state index in [1.807, 2.05) is 19.9 Å². The third-order valence-corrected chi connectivity index (χ3v) is 5.24. The van der Waals surface area contributed by atoms with E-state index in [9.17, 15) is 9.59 Å². The summed E-state index contributed by atoms with van der Waals surface area (Å²) in [5.41, 5.74) is -0.552. The summed E-state index contributed by atoms with van der Waals surface area (Å²) < 4.78 is 16.7. The molecule has 3 rings (SSSR count). The number of hydrogen-bond donors (Lipinski definition) is 0. The minimum Gasteiger partial charge on any atom is -0.468 e. The molecule has 116 valence electrons. The van der Waals surface area contributed by atoms with Crippen LogP contribution < -0.4 is 0 Å². The molecule has 0 bridgehead atoms. The Labute approximate surface area is 124 Å². The van der Waals surface area contributed by atoms with Crippen molar-refractivity contribution in [2.75, 3.05) is 20.3 Å². The van der Waals surface area contributed by atoms with Gasteiger partial charge in [0.2, 0.25) is 0 Å². The predicted octanol–water partition coefficient (Wildman–Crippen LogP) is 2.00. The number of rotatable bonds is 1. The van der Waals surface area contributed by atoms with Crippen LogP contribution in [0.15, 0.2) is 11.6 Å². The van der Waals surface area contributed by atoms with Crippen LogP contribution in [0.5, 0.6) is 0 Å². The fraction of sp³-hybridized carbons (Fsp3) is 0.750. The molecule has 2 aliphatic carbocycles. The molecule has 0 amide bonds. The molecule has 0 aromatic carbocycles. The summed E-state index contributed by atoms with van der Waals surface area (Å²) in [5.74, 6) is -0.835. The van der Waals surface area contributed by atoms with Crippen LogP contribution in [-0.2, 0) is 23.8 Å². The van der Waals surface area contributed by atoms with Crippen molar-refractivity contribution in [2.24, 2.45) is 10.8 Å². The summed E-state index contributed by atoms with van der Waals surface area (Å²) >= 11 is 0. The lowest BCUT2D eigenvalue weighted by Gasteiger charge is -2.50. The van der Waals surface area contributed by atoms with Crippen LogP contribution in [-0.4, -0.2) is 37.9 Å². The Morgan fingerprint density at radius 2 is 1.95 bits per heavy atom. The van der Waals surface area contributed by atoms with E-state index >= 15 is 0 Å². The summed E-state index contributed by atoms with van der Waals surface area (Å²) in [6.45, 7) is 4.88. The van der Waals surface area contributed by atoms with Crippen LogP contribution in [0, 0.1) is 10.8 Å². The summed E-state index contributed by atoms with van der Waals surface area (Å²) in [7, 11) is 1.40. The van der Waals surface area contributed by atoms with Crippen LogP contribution in [0.25, 0.3) is 0 Å². The van der Waals surface area contributed by atoms with E-state index < -0.39 is 16.6 Å². The summed E-state index contributed by atoms with van der Waals surface area (Å²) in [5, 5.41) is 0. The van der Waals surface area contributed by atoms with E-state index in [-0.39, 0.29) is 11.8 Å². The number of methoxy groups -OCH3 is 1. The number of hydrogen-bond acceptors (Lipinski definition) is 5. The largest absolute Gasteiger partial charge is 0.468 e. The molecule has 1 saturated carbocycles. The third-order valence-electron chi connectivity index (χ3n) is 5.24. The van der Waals surface area contributed by atoms with Gasteiger partial charge >= 0.3 is 5.97 Å². The molecule has 0 radical (unpaired) electrons. The number of ketones is 1. The second-order valence-corrected chi connectivity index (χ2v) is 6.73. The number of carbonyl (C=O) groups excluding carboxylic acids is 2. The molecule has 0 aromatic rings. The fourth-order valence-electron chi connectivity index (χ4n) is 4.14. The van der Waals surface area contributed by atoms with E-state index in [0.717, 1.165) is 5.57 Å². The van der Waals surface area contributed by atoms with Crippen LogP contribution in [0.4, 0.5) is 0 Å². The van der Waals surface area contributed by atoms with Gasteiger partial charge in [-0.3, -0.25) is 9.59 Å². The molecule has 0 aromatic heterocycles. The highest BCUT2D eigenvalue weighted by Crippen LogP contribution is 2.57. The van der Waals surface area contributed by atoms with Gasteiger partial charge in [-0.15, -0.1) is 0 Å². The molecule has 1 atom stereocenters. The third kappa shape index (κ3) is 1.98. The lowest BCUT2D eigenvalue weighted by Crippen LogP contribution is -2.54. The van der Waals surface area contributed by atoms with Crippen molar-refractivity contribution >= 4 is 11.8 Å². The van der Waals surface area contributed by atoms with Crippen molar-refractivity contribution in [2.45, 2.75) is 45.3 Å². The van der Waals surface area contributed by atoms with Crippen molar-refractivity contribution in [1.82, 2.24) is 0 Å². The average molecular weight is 294 g/mol. The van der Waals surface area contributed by atoms with Crippen LogP contribution in [0.1, 0.15) is 39.5 Å². The highest BCUT2D eigenvalue weighted by atomic mass is 16.7. The van der Waals surface area contributed by atoms with Gasteiger partial charge in [-0.25, -0.2) is 0 Å². The fourth-order valence-corrected chi connectivity index (χ4v) is 4.14. The van der Waals surface area contributed by atoms with Gasteiger partial charge in [-0.2, -0.15) is 0 Å². The lowest BCUT2D eigenvalue weighted by molar-refractivity contribution is -0.196. The van der Waals surface area contributed by atoms with Gasteiger partial charge in [0.25, 0.3) is 0 Å². The van der Waals surface area contributed by atoms with Crippen molar-refractivity contribution in [3.63, 3.8) is 0 Å². The van der Waals surface area contributed by atoms with Gasteiger partial charge < -0.3 is 14.2 Å². The monoisotopic (exact) mass is 294 g/mol. The van der Waals surface area contributed by atoms with E-state index in [0.29, 0.717) is 38.9 Å². The minimum absolute atomic E-state index is 0.178. The zero-order chi connectivity index (χ0) is 15.3.